The van der Waals surface area contributed by atoms with Crippen LogP contribution in [-0.2, 0) is 21.2 Å². The van der Waals surface area contributed by atoms with Crippen molar-refractivity contribution in [2.45, 2.75) is 25.2 Å². The summed E-state index contributed by atoms with van der Waals surface area (Å²) in [4.78, 5) is 12.2. The average molecular weight is 464 g/mol. The summed E-state index contributed by atoms with van der Waals surface area (Å²) in [5.41, 5.74) is 2.62. The Labute approximate surface area is 171 Å². The number of nitrogens with zero attached hydrogens (tertiary/aromatic N) is 1. The lowest BCUT2D eigenvalue weighted by Crippen LogP contribution is -2.15. The Morgan fingerprint density at radius 1 is 1.07 bits per heavy atom. The predicted octanol–water partition coefficient (Wildman–Crippen LogP) is 4.04. The monoisotopic (exact) mass is 463 g/mol. The lowest BCUT2D eigenvalue weighted by atomic mass is 10.1. The van der Waals surface area contributed by atoms with E-state index in [1.807, 2.05) is 24.3 Å². The Morgan fingerprint density at radius 2 is 1.71 bits per heavy atom. The molecule has 0 aliphatic rings. The maximum absolute atomic E-state index is 12.5. The molecule has 0 aliphatic heterocycles. The highest BCUT2D eigenvalue weighted by molar-refractivity contribution is 9.10. The van der Waals surface area contributed by atoms with E-state index < -0.39 is 10.0 Å². The van der Waals surface area contributed by atoms with E-state index in [0.29, 0.717) is 16.9 Å². The number of nitrogens with one attached hydrogen (secondary N) is 2. The van der Waals surface area contributed by atoms with Gasteiger partial charge in [0.15, 0.2) is 0 Å². The van der Waals surface area contributed by atoms with Crippen LogP contribution in [0.2, 0.25) is 0 Å². The fraction of sp³-hybridized carbons (Fsp3) is 0.158. The lowest BCUT2D eigenvalue weighted by molar-refractivity contribution is -0.115. The first-order chi connectivity index (χ1) is 13.2. The highest BCUT2D eigenvalue weighted by atomic mass is 79.9. The minimum atomic E-state index is -3.82. The second kappa shape index (κ2) is 8.15. The number of carbonyl (C=O) groups is 1. The molecule has 9 heteroatoms. The first-order valence-corrected chi connectivity index (χ1v) is 10.6. The normalized spacial score (nSPS) is 11.2. The summed E-state index contributed by atoms with van der Waals surface area (Å²) in [7, 11) is -3.82. The van der Waals surface area contributed by atoms with Gasteiger partial charge in [0.05, 0.1) is 17.0 Å². The molecule has 7 nitrogen and oxygen atoms in total. The Bertz CT molecular complexity index is 1090. The molecule has 0 radical (unpaired) electrons. The van der Waals surface area contributed by atoms with Crippen molar-refractivity contribution in [2.24, 2.45) is 0 Å². The molecule has 3 aromatic rings. The summed E-state index contributed by atoms with van der Waals surface area (Å²) in [6.45, 7) is 3.44. The van der Waals surface area contributed by atoms with Crippen LogP contribution < -0.4 is 10.0 Å². The van der Waals surface area contributed by atoms with Gasteiger partial charge in [0.25, 0.3) is 10.0 Å². The molecule has 1 heterocycles. The van der Waals surface area contributed by atoms with E-state index in [0.717, 1.165) is 10.0 Å². The van der Waals surface area contributed by atoms with Crippen molar-refractivity contribution in [3.05, 3.63) is 69.8 Å². The lowest BCUT2D eigenvalue weighted by Gasteiger charge is -2.08. The van der Waals surface area contributed by atoms with Crippen molar-refractivity contribution in [3.63, 3.8) is 0 Å². The largest absolute Gasteiger partial charge is 0.337 e. The maximum Gasteiger partial charge on any atom is 0.264 e. The highest BCUT2D eigenvalue weighted by Gasteiger charge is 2.19. The SMILES string of the molecule is Cc1noc(NS(=O)(=O)c2ccc(NC(=O)Cc3ccc(Br)cc3)cc2)c1C. The third-order valence-electron chi connectivity index (χ3n) is 4.11. The average Bonchev–Trinajstić information content (AvgIpc) is 2.96. The van der Waals surface area contributed by atoms with Crippen molar-refractivity contribution in [1.82, 2.24) is 5.16 Å². The number of aryl methyl sites for hydroxylation is 1. The number of rotatable bonds is 6. The second-order valence-corrected chi connectivity index (χ2v) is 8.80. The van der Waals surface area contributed by atoms with Crippen molar-refractivity contribution in [3.8, 4) is 0 Å². The zero-order valence-electron chi connectivity index (χ0n) is 15.2. The fourth-order valence-corrected chi connectivity index (χ4v) is 3.71. The molecule has 2 aromatic carbocycles. The fourth-order valence-electron chi connectivity index (χ4n) is 2.40. The van der Waals surface area contributed by atoms with Crippen LogP contribution in [-0.4, -0.2) is 19.5 Å². The summed E-state index contributed by atoms with van der Waals surface area (Å²) in [5.74, 6) is -0.104. The van der Waals surface area contributed by atoms with Gasteiger partial charge < -0.3 is 9.84 Å². The van der Waals surface area contributed by atoms with Crippen LogP contribution in [0.5, 0.6) is 0 Å². The number of aromatic nitrogens is 1. The van der Waals surface area contributed by atoms with E-state index in [2.05, 4.69) is 31.1 Å². The number of hydrogen-bond acceptors (Lipinski definition) is 5. The number of carbonyl (C=O) groups excluding carboxylic acids is 1. The van der Waals surface area contributed by atoms with Crippen LogP contribution >= 0.6 is 15.9 Å². The Kier molecular flexibility index (Phi) is 5.85. The van der Waals surface area contributed by atoms with Gasteiger partial charge in [0.2, 0.25) is 11.8 Å². The summed E-state index contributed by atoms with van der Waals surface area (Å²) in [5, 5.41) is 6.48. The Balaban J connectivity index is 1.66. The minimum absolute atomic E-state index is 0.0480. The van der Waals surface area contributed by atoms with Gasteiger partial charge in [-0.3, -0.25) is 4.79 Å². The van der Waals surface area contributed by atoms with Gasteiger partial charge in [-0.25, -0.2) is 13.1 Å². The topological polar surface area (TPSA) is 101 Å². The molecule has 0 saturated heterocycles. The third-order valence-corrected chi connectivity index (χ3v) is 5.99. The van der Waals surface area contributed by atoms with Gasteiger partial charge in [-0.15, -0.1) is 0 Å². The number of hydrogen-bond donors (Lipinski definition) is 2. The molecule has 28 heavy (non-hydrogen) atoms. The summed E-state index contributed by atoms with van der Waals surface area (Å²) < 4.78 is 33.3. The van der Waals surface area contributed by atoms with Crippen molar-refractivity contribution < 1.29 is 17.7 Å². The molecule has 0 fully saturated rings. The van der Waals surface area contributed by atoms with Crippen molar-refractivity contribution >= 4 is 43.4 Å². The first-order valence-electron chi connectivity index (χ1n) is 8.34. The van der Waals surface area contributed by atoms with E-state index >= 15 is 0 Å². The Hall–Kier alpha value is -2.65. The van der Waals surface area contributed by atoms with Gasteiger partial charge in [-0.1, -0.05) is 33.2 Å². The zero-order chi connectivity index (χ0) is 20.3. The summed E-state index contributed by atoms with van der Waals surface area (Å²) in [6.07, 6.45) is 0.221. The summed E-state index contributed by atoms with van der Waals surface area (Å²) >= 11 is 3.35. The van der Waals surface area contributed by atoms with E-state index in [1.165, 1.54) is 24.3 Å². The number of sulfonamides is 1. The van der Waals surface area contributed by atoms with Crippen LogP contribution in [0, 0.1) is 13.8 Å². The van der Waals surface area contributed by atoms with E-state index in [4.69, 9.17) is 4.52 Å². The smallest absolute Gasteiger partial charge is 0.264 e. The molecule has 2 N–H and O–H groups in total. The van der Waals surface area contributed by atoms with Gasteiger partial charge >= 0.3 is 0 Å². The van der Waals surface area contributed by atoms with Crippen molar-refractivity contribution in [2.75, 3.05) is 10.0 Å². The highest BCUT2D eigenvalue weighted by Crippen LogP contribution is 2.22. The van der Waals surface area contributed by atoms with Crippen LogP contribution in [0.15, 0.2) is 62.4 Å². The van der Waals surface area contributed by atoms with E-state index in [9.17, 15) is 13.2 Å². The second-order valence-electron chi connectivity index (χ2n) is 6.20. The van der Waals surface area contributed by atoms with E-state index in [1.54, 1.807) is 13.8 Å². The molecular weight excluding hydrogens is 446 g/mol. The van der Waals surface area contributed by atoms with Crippen LogP contribution in [0.4, 0.5) is 11.6 Å². The van der Waals surface area contributed by atoms with Crippen LogP contribution in [0.25, 0.3) is 0 Å². The predicted molar refractivity (Wildman–Crippen MR) is 110 cm³/mol. The molecule has 146 valence electrons. The third kappa shape index (κ3) is 4.79. The molecule has 0 aliphatic carbocycles. The molecular formula is C19H18BrN3O4S. The number of benzene rings is 2. The standard InChI is InChI=1S/C19H18BrN3O4S/c1-12-13(2)22-27-19(12)23-28(25,26)17-9-7-16(8-10-17)21-18(24)11-14-3-5-15(20)6-4-14/h3-10,23H,11H2,1-2H3,(H,21,24). The molecule has 0 unspecified atom stereocenters. The number of anilines is 2. The van der Waals surface area contributed by atoms with Gasteiger partial charge in [-0.05, 0) is 55.8 Å². The summed E-state index contributed by atoms with van der Waals surface area (Å²) in [6, 6.07) is 13.3. The number of amides is 1. The quantitative estimate of drug-likeness (QED) is 0.574. The molecule has 0 bridgehead atoms. The van der Waals surface area contributed by atoms with Crippen LogP contribution in [0.3, 0.4) is 0 Å². The van der Waals surface area contributed by atoms with Crippen LogP contribution in [0.1, 0.15) is 16.8 Å². The molecule has 0 saturated carbocycles. The van der Waals surface area contributed by atoms with E-state index in [-0.39, 0.29) is 23.1 Å². The van der Waals surface area contributed by atoms with Gasteiger partial charge in [0.1, 0.15) is 0 Å². The molecule has 1 aromatic heterocycles. The van der Waals surface area contributed by atoms with Gasteiger partial charge in [-0.2, -0.15) is 0 Å². The number of halogens is 1. The molecule has 1 amide bonds. The maximum atomic E-state index is 12.5. The van der Waals surface area contributed by atoms with Crippen molar-refractivity contribution in [1.29, 1.82) is 0 Å². The molecule has 0 atom stereocenters. The minimum Gasteiger partial charge on any atom is -0.337 e. The molecule has 3 rings (SSSR count). The Morgan fingerprint density at radius 3 is 2.29 bits per heavy atom. The van der Waals surface area contributed by atoms with Gasteiger partial charge in [0, 0.05) is 15.7 Å². The zero-order valence-corrected chi connectivity index (χ0v) is 17.6. The molecule has 0 spiro atoms. The first kappa shape index (κ1) is 20.1.